The van der Waals surface area contributed by atoms with Crippen LogP contribution in [0.15, 0.2) is 33.4 Å². The highest BCUT2D eigenvalue weighted by atomic mass is 35.5. The molecule has 0 spiro atoms. The van der Waals surface area contributed by atoms with E-state index in [1.807, 2.05) is 0 Å². The first-order valence-corrected chi connectivity index (χ1v) is 9.41. The summed E-state index contributed by atoms with van der Waals surface area (Å²) in [4.78, 5) is 15.5. The maximum absolute atomic E-state index is 11.0. The van der Waals surface area contributed by atoms with E-state index in [1.54, 1.807) is 29.0 Å². The van der Waals surface area contributed by atoms with Crippen LogP contribution in [0.1, 0.15) is 41.9 Å². The van der Waals surface area contributed by atoms with Crippen LogP contribution < -0.4 is 0 Å². The van der Waals surface area contributed by atoms with E-state index in [4.69, 9.17) is 20.6 Å². The number of hydrogen-bond acceptors (Lipinski definition) is 6. The molecule has 0 bridgehead atoms. The lowest BCUT2D eigenvalue weighted by atomic mass is 9.77. The Kier molecular flexibility index (Phi) is 3.71. The molecule has 0 amide bonds. The first-order valence-electron chi connectivity index (χ1n) is 9.03. The molecule has 5 rings (SSSR count). The van der Waals surface area contributed by atoms with Crippen LogP contribution in [0.3, 0.4) is 0 Å². The van der Waals surface area contributed by atoms with Crippen molar-refractivity contribution >= 4 is 28.8 Å². The van der Waals surface area contributed by atoms with Gasteiger partial charge in [0.15, 0.2) is 5.69 Å². The molecule has 1 aliphatic rings. The summed E-state index contributed by atoms with van der Waals surface area (Å²) >= 11 is 6.33. The second-order valence-corrected chi connectivity index (χ2v) is 8.32. The number of nitrogens with zero attached hydrogens (tertiary/aromatic N) is 4. The lowest BCUT2D eigenvalue weighted by Gasteiger charge is -2.27. The summed E-state index contributed by atoms with van der Waals surface area (Å²) in [6.07, 6.45) is 5.25. The number of hydrogen-bond donors (Lipinski definition) is 0. The fourth-order valence-corrected chi connectivity index (χ4v) is 4.00. The second-order valence-electron chi connectivity index (χ2n) is 7.91. The molecule has 0 aliphatic heterocycles. The first kappa shape index (κ1) is 17.2. The molecule has 0 N–H and O–H groups in total. The number of aldehydes is 1. The molecule has 0 atom stereocenters. The second kappa shape index (κ2) is 6.04. The van der Waals surface area contributed by atoms with Crippen LogP contribution in [0.2, 0.25) is 5.02 Å². The molecule has 0 unspecified atom stereocenters. The Balaban J connectivity index is 1.56. The zero-order valence-corrected chi connectivity index (χ0v) is 16.2. The lowest BCUT2D eigenvalue weighted by Crippen LogP contribution is -2.21. The van der Waals surface area contributed by atoms with Gasteiger partial charge in [-0.25, -0.2) is 0 Å². The number of aromatic nitrogens is 4. The molecule has 8 heteroatoms. The smallest absolute Gasteiger partial charge is 0.282 e. The summed E-state index contributed by atoms with van der Waals surface area (Å²) in [5.74, 6) is 1.56. The average Bonchev–Trinajstić information content (AvgIpc) is 3.37. The Morgan fingerprint density at radius 3 is 2.93 bits per heavy atom. The van der Waals surface area contributed by atoms with E-state index in [0.717, 1.165) is 47.8 Å². The predicted molar refractivity (Wildman–Crippen MR) is 103 cm³/mol. The third kappa shape index (κ3) is 2.65. The normalized spacial score (nSPS) is 15.7. The standard InChI is InChI=1S/C20H17ClN4O3/c1-20(2)6-5-12-16(8-20)27-23-17(12)18-22-19(24-28-18)25-9-14(21)13-7-11(10-26)3-4-15(13)25/h3-4,7,9-10H,5-6,8H2,1-2H3. The number of halogens is 1. The number of fused-ring (bicyclic) bond motifs is 2. The summed E-state index contributed by atoms with van der Waals surface area (Å²) in [6, 6.07) is 5.26. The fourth-order valence-electron chi connectivity index (χ4n) is 3.75. The lowest BCUT2D eigenvalue weighted by molar-refractivity contribution is 0.112. The zero-order chi connectivity index (χ0) is 19.5. The van der Waals surface area contributed by atoms with Gasteiger partial charge >= 0.3 is 0 Å². The Labute approximate surface area is 165 Å². The van der Waals surface area contributed by atoms with Gasteiger partial charge in [-0.1, -0.05) is 30.6 Å². The van der Waals surface area contributed by atoms with Gasteiger partial charge in [-0.3, -0.25) is 9.36 Å². The Morgan fingerprint density at radius 2 is 2.11 bits per heavy atom. The fraction of sp³-hybridized carbons (Fsp3) is 0.300. The summed E-state index contributed by atoms with van der Waals surface area (Å²) in [5.41, 5.74) is 3.19. The third-order valence-corrected chi connectivity index (χ3v) is 5.61. The monoisotopic (exact) mass is 396 g/mol. The summed E-state index contributed by atoms with van der Waals surface area (Å²) in [7, 11) is 0. The van der Waals surface area contributed by atoms with Crippen LogP contribution in [0.25, 0.3) is 28.4 Å². The van der Waals surface area contributed by atoms with Crippen molar-refractivity contribution in [1.29, 1.82) is 0 Å². The van der Waals surface area contributed by atoms with Crippen molar-refractivity contribution in [3.8, 4) is 17.5 Å². The Bertz CT molecular complexity index is 1220. The van der Waals surface area contributed by atoms with Crippen molar-refractivity contribution in [3.05, 3.63) is 46.3 Å². The predicted octanol–water partition coefficient (Wildman–Crippen LogP) is 4.65. The number of benzene rings is 1. The van der Waals surface area contributed by atoms with Crippen LogP contribution in [-0.2, 0) is 12.8 Å². The van der Waals surface area contributed by atoms with Gasteiger partial charge in [-0.15, -0.1) is 0 Å². The van der Waals surface area contributed by atoms with Crippen molar-refractivity contribution < 1.29 is 13.8 Å². The minimum absolute atomic E-state index is 0.199. The van der Waals surface area contributed by atoms with Crippen LogP contribution in [-0.4, -0.2) is 26.2 Å². The molecule has 3 aromatic heterocycles. The zero-order valence-electron chi connectivity index (χ0n) is 15.4. The maximum atomic E-state index is 11.0. The summed E-state index contributed by atoms with van der Waals surface area (Å²) in [6.45, 7) is 4.44. The quantitative estimate of drug-likeness (QED) is 0.468. The van der Waals surface area contributed by atoms with Crippen LogP contribution in [0, 0.1) is 5.41 Å². The largest absolute Gasteiger partial charge is 0.360 e. The van der Waals surface area contributed by atoms with Gasteiger partial charge < -0.3 is 9.05 Å². The van der Waals surface area contributed by atoms with E-state index in [2.05, 4.69) is 29.1 Å². The van der Waals surface area contributed by atoms with E-state index in [0.29, 0.717) is 28.1 Å². The third-order valence-electron chi connectivity index (χ3n) is 5.31. The molecule has 1 aromatic carbocycles. The number of carbonyl (C=O) groups is 1. The molecular formula is C20H17ClN4O3. The van der Waals surface area contributed by atoms with Crippen molar-refractivity contribution in [2.45, 2.75) is 33.1 Å². The topological polar surface area (TPSA) is 87.0 Å². The number of carbonyl (C=O) groups excluding carboxylic acids is 1. The van der Waals surface area contributed by atoms with Gasteiger partial charge in [0.1, 0.15) is 12.0 Å². The van der Waals surface area contributed by atoms with Gasteiger partial charge in [-0.05, 0) is 41.6 Å². The van der Waals surface area contributed by atoms with E-state index in [-0.39, 0.29) is 5.41 Å². The molecule has 142 valence electrons. The van der Waals surface area contributed by atoms with Crippen LogP contribution in [0.4, 0.5) is 0 Å². The Morgan fingerprint density at radius 1 is 1.25 bits per heavy atom. The summed E-state index contributed by atoms with van der Waals surface area (Å²) < 4.78 is 12.8. The molecule has 7 nitrogen and oxygen atoms in total. The molecule has 0 saturated heterocycles. The Hall–Kier alpha value is -2.93. The maximum Gasteiger partial charge on any atom is 0.282 e. The highest BCUT2D eigenvalue weighted by molar-refractivity contribution is 6.35. The van der Waals surface area contributed by atoms with Gasteiger partial charge in [-0.2, -0.15) is 4.98 Å². The average molecular weight is 397 g/mol. The molecule has 0 saturated carbocycles. The van der Waals surface area contributed by atoms with Crippen LogP contribution >= 0.6 is 11.6 Å². The number of rotatable bonds is 3. The van der Waals surface area contributed by atoms with Crippen molar-refractivity contribution in [3.63, 3.8) is 0 Å². The van der Waals surface area contributed by atoms with E-state index < -0.39 is 0 Å². The highest BCUT2D eigenvalue weighted by Gasteiger charge is 2.32. The summed E-state index contributed by atoms with van der Waals surface area (Å²) in [5, 5.41) is 9.53. The van der Waals surface area contributed by atoms with E-state index in [1.165, 1.54) is 0 Å². The van der Waals surface area contributed by atoms with Crippen molar-refractivity contribution in [1.82, 2.24) is 19.9 Å². The molecule has 0 fully saturated rings. The van der Waals surface area contributed by atoms with Gasteiger partial charge in [0.2, 0.25) is 0 Å². The van der Waals surface area contributed by atoms with Gasteiger partial charge in [0.25, 0.3) is 11.8 Å². The van der Waals surface area contributed by atoms with Gasteiger partial charge in [0, 0.05) is 29.1 Å². The first-order chi connectivity index (χ1) is 13.4. The molecule has 4 aromatic rings. The molecule has 0 radical (unpaired) electrons. The van der Waals surface area contributed by atoms with E-state index >= 15 is 0 Å². The molecule has 28 heavy (non-hydrogen) atoms. The van der Waals surface area contributed by atoms with E-state index in [9.17, 15) is 4.79 Å². The molecule has 3 heterocycles. The van der Waals surface area contributed by atoms with Crippen LogP contribution in [0.5, 0.6) is 0 Å². The van der Waals surface area contributed by atoms with Crippen molar-refractivity contribution in [2.24, 2.45) is 5.41 Å². The minimum Gasteiger partial charge on any atom is -0.360 e. The SMILES string of the molecule is CC1(C)CCc2c(-c3nc(-n4cc(Cl)c5cc(C=O)ccc54)no3)noc2C1. The highest BCUT2D eigenvalue weighted by Crippen LogP contribution is 2.38. The van der Waals surface area contributed by atoms with Crippen molar-refractivity contribution in [2.75, 3.05) is 0 Å². The molecular weight excluding hydrogens is 380 g/mol. The minimum atomic E-state index is 0.199. The molecule has 1 aliphatic carbocycles. The van der Waals surface area contributed by atoms with Gasteiger partial charge in [0.05, 0.1) is 10.5 Å².